The molecule has 0 saturated carbocycles. The van der Waals surface area contributed by atoms with Crippen molar-refractivity contribution in [1.29, 1.82) is 0 Å². The minimum Gasteiger partial charge on any atom is -0.508 e. The molecule has 1 rings (SSSR count). The van der Waals surface area contributed by atoms with E-state index in [2.05, 4.69) is 19.2 Å². The average molecular weight is 371 g/mol. The van der Waals surface area contributed by atoms with Crippen LogP contribution in [0.2, 0.25) is 0 Å². The van der Waals surface area contributed by atoms with E-state index >= 15 is 0 Å². The molecule has 1 amide bonds. The molecule has 7 heteroatoms. The summed E-state index contributed by atoms with van der Waals surface area (Å²) in [5.74, 6) is 0.512. The van der Waals surface area contributed by atoms with Crippen LogP contribution < -0.4 is 5.32 Å². The van der Waals surface area contributed by atoms with Gasteiger partial charge in [0.05, 0.1) is 4.90 Å². The Morgan fingerprint density at radius 1 is 1.28 bits per heavy atom. The van der Waals surface area contributed by atoms with Crippen molar-refractivity contribution in [2.75, 3.05) is 19.6 Å². The Morgan fingerprint density at radius 3 is 2.40 bits per heavy atom. The van der Waals surface area contributed by atoms with Gasteiger partial charge in [-0.15, -0.1) is 0 Å². The number of ether oxygens (including phenoxy) is 1. The Kier molecular flexibility index (Phi) is 8.38. The van der Waals surface area contributed by atoms with E-state index in [0.717, 1.165) is 0 Å². The van der Waals surface area contributed by atoms with Gasteiger partial charge in [0, 0.05) is 19.6 Å². The van der Waals surface area contributed by atoms with Crippen molar-refractivity contribution in [2.45, 2.75) is 51.5 Å². The molecule has 0 aliphatic rings. The first kappa shape index (κ1) is 21.4. The van der Waals surface area contributed by atoms with Crippen LogP contribution >= 0.6 is 0 Å². The van der Waals surface area contributed by atoms with Crippen molar-refractivity contribution in [3.63, 3.8) is 0 Å². The number of nitrogens with one attached hydrogen (secondary N) is 1. The van der Waals surface area contributed by atoms with Gasteiger partial charge in [-0.2, -0.15) is 0 Å². The van der Waals surface area contributed by atoms with E-state index in [1.807, 2.05) is 25.1 Å². The molecule has 6 nitrogen and oxygen atoms in total. The van der Waals surface area contributed by atoms with Crippen LogP contribution in [0, 0.1) is 5.92 Å². The average Bonchev–Trinajstić information content (AvgIpc) is 2.48. The summed E-state index contributed by atoms with van der Waals surface area (Å²) in [6.07, 6.45) is 0.220. The Hall–Kier alpha value is -1.60. The number of phenolic OH excluding ortho intramolecular Hbond substituents is 1. The van der Waals surface area contributed by atoms with E-state index in [1.165, 1.54) is 12.1 Å². The molecule has 1 unspecified atom stereocenters. The second-order valence-corrected chi connectivity index (χ2v) is 8.79. The van der Waals surface area contributed by atoms with E-state index < -0.39 is 22.7 Å². The third-order valence-electron chi connectivity index (χ3n) is 3.09. The van der Waals surface area contributed by atoms with Gasteiger partial charge in [0.15, 0.2) is 0 Å². The van der Waals surface area contributed by atoms with Gasteiger partial charge < -0.3 is 15.2 Å². The number of carbonyl (C=O) groups is 1. The topological polar surface area (TPSA) is 78.9 Å². The van der Waals surface area contributed by atoms with Crippen LogP contribution in [0.4, 0.5) is 4.79 Å². The third-order valence-corrected chi connectivity index (χ3v) is 4.57. The van der Waals surface area contributed by atoms with Gasteiger partial charge in [0.1, 0.15) is 22.3 Å². The van der Waals surface area contributed by atoms with Gasteiger partial charge in [-0.25, -0.2) is 13.3 Å². The number of aromatic hydroxyl groups is 1. The number of benzene rings is 1. The summed E-state index contributed by atoms with van der Waals surface area (Å²) >= 11 is 0. The van der Waals surface area contributed by atoms with Gasteiger partial charge in [-0.1, -0.05) is 13.8 Å². The third kappa shape index (κ3) is 8.88. The second-order valence-electron chi connectivity index (χ2n) is 7.31. The van der Waals surface area contributed by atoms with E-state index in [4.69, 9.17) is 4.74 Å². The summed E-state index contributed by atoms with van der Waals surface area (Å²) in [6, 6.07) is 6.39. The summed E-state index contributed by atoms with van der Waals surface area (Å²) in [4.78, 5) is 12.3. The number of rotatable bonds is 8. The molecule has 2 N–H and O–H groups in total. The fourth-order valence-corrected chi connectivity index (χ4v) is 3.52. The molecule has 0 fully saturated rings. The summed E-state index contributed by atoms with van der Waals surface area (Å²) < 4.78 is 19.8. The fourth-order valence-electron chi connectivity index (χ4n) is 2.12. The maximum atomic E-state index is 12.8. The molecule has 0 spiro atoms. The first-order valence-corrected chi connectivity index (χ1v) is 9.62. The molecule has 25 heavy (non-hydrogen) atoms. The zero-order valence-electron chi connectivity index (χ0n) is 15.7. The van der Waals surface area contributed by atoms with Crippen molar-refractivity contribution >= 4 is 17.1 Å². The molecule has 1 atom stereocenters. The largest absolute Gasteiger partial charge is 0.508 e. The number of hydrogen-bond acceptors (Lipinski definition) is 4. The molecule has 1 aromatic carbocycles. The van der Waals surface area contributed by atoms with E-state index in [0.29, 0.717) is 36.9 Å². The molecular formula is C18H30N2O4S. The molecule has 142 valence electrons. The zero-order chi connectivity index (χ0) is 19.0. The molecule has 0 bridgehead atoms. The van der Waals surface area contributed by atoms with Crippen molar-refractivity contribution in [3.8, 4) is 5.75 Å². The second kappa shape index (κ2) is 9.77. The maximum absolute atomic E-state index is 12.8. The normalized spacial score (nSPS) is 13.1. The van der Waals surface area contributed by atoms with E-state index in [1.54, 1.807) is 12.1 Å². The minimum atomic E-state index is -1.30. The molecule has 0 aromatic heterocycles. The van der Waals surface area contributed by atoms with Crippen molar-refractivity contribution < 1.29 is 18.8 Å². The van der Waals surface area contributed by atoms with Crippen molar-refractivity contribution in [1.82, 2.24) is 9.62 Å². The van der Waals surface area contributed by atoms with Crippen LogP contribution in [0.25, 0.3) is 0 Å². The van der Waals surface area contributed by atoms with Crippen molar-refractivity contribution in [3.05, 3.63) is 24.3 Å². The lowest BCUT2D eigenvalue weighted by atomic mass is 10.2. The van der Waals surface area contributed by atoms with Gasteiger partial charge in [-0.3, -0.25) is 0 Å². The standard InChI is InChI=1S/C18H30N2O4S/c1-14(2)13-20(25(23)16-9-7-15(21)8-10-16)12-6-11-19-17(22)24-18(3,4)5/h7-10,14,21H,6,11-13H2,1-5H3,(H,19,22). The maximum Gasteiger partial charge on any atom is 0.407 e. The number of alkyl carbamates (subject to hydrolysis) is 1. The molecular weight excluding hydrogens is 340 g/mol. The monoisotopic (exact) mass is 370 g/mol. The summed E-state index contributed by atoms with van der Waals surface area (Å²) in [5, 5.41) is 12.1. The Labute approximate surface area is 153 Å². The SMILES string of the molecule is CC(C)CN(CCCNC(=O)OC(C)(C)C)S(=O)c1ccc(O)cc1. The van der Waals surface area contributed by atoms with E-state index in [9.17, 15) is 14.1 Å². The van der Waals surface area contributed by atoms with Crippen LogP contribution in [-0.2, 0) is 15.7 Å². The molecule has 0 radical (unpaired) electrons. The molecule has 0 heterocycles. The highest BCUT2D eigenvalue weighted by Gasteiger charge is 2.18. The van der Waals surface area contributed by atoms with Gasteiger partial charge in [0.2, 0.25) is 0 Å². The minimum absolute atomic E-state index is 0.151. The molecule has 0 saturated heterocycles. The highest BCUT2D eigenvalue weighted by atomic mass is 32.2. The smallest absolute Gasteiger partial charge is 0.407 e. The number of carbonyl (C=O) groups excluding carboxylic acids is 1. The number of amides is 1. The van der Waals surface area contributed by atoms with Crippen LogP contribution in [-0.4, -0.2) is 44.9 Å². The highest BCUT2D eigenvalue weighted by Crippen LogP contribution is 2.17. The Morgan fingerprint density at radius 2 is 1.88 bits per heavy atom. The Bertz CT molecular complexity index is 567. The predicted octanol–water partition coefficient (Wildman–Crippen LogP) is 3.29. The lowest BCUT2D eigenvalue weighted by Crippen LogP contribution is -2.36. The summed E-state index contributed by atoms with van der Waals surface area (Å²) in [5.41, 5.74) is -0.520. The molecule has 1 aromatic rings. The number of phenols is 1. The first-order valence-electron chi connectivity index (χ1n) is 8.51. The van der Waals surface area contributed by atoms with Gasteiger partial charge in [-0.05, 0) is 57.4 Å². The molecule has 0 aliphatic carbocycles. The summed E-state index contributed by atoms with van der Waals surface area (Å²) in [7, 11) is -1.30. The quantitative estimate of drug-likeness (QED) is 0.688. The van der Waals surface area contributed by atoms with Crippen molar-refractivity contribution in [2.24, 2.45) is 5.92 Å². The lowest BCUT2D eigenvalue weighted by Gasteiger charge is -2.23. The van der Waals surface area contributed by atoms with E-state index in [-0.39, 0.29) is 5.75 Å². The fraction of sp³-hybridized carbons (Fsp3) is 0.611. The van der Waals surface area contributed by atoms with Crippen LogP contribution in [0.15, 0.2) is 29.2 Å². The number of hydrogen-bond donors (Lipinski definition) is 2. The predicted molar refractivity (Wildman–Crippen MR) is 99.8 cm³/mol. The van der Waals surface area contributed by atoms with Crippen LogP contribution in [0.5, 0.6) is 5.75 Å². The highest BCUT2D eigenvalue weighted by molar-refractivity contribution is 7.82. The Balaban J connectivity index is 2.54. The van der Waals surface area contributed by atoms with Crippen LogP contribution in [0.3, 0.4) is 0 Å². The molecule has 0 aliphatic heterocycles. The number of nitrogens with zero attached hydrogens (tertiary/aromatic N) is 1. The van der Waals surface area contributed by atoms with Crippen LogP contribution in [0.1, 0.15) is 41.0 Å². The lowest BCUT2D eigenvalue weighted by molar-refractivity contribution is 0.0526. The first-order chi connectivity index (χ1) is 11.6. The summed E-state index contributed by atoms with van der Waals surface area (Å²) in [6.45, 7) is 11.3. The zero-order valence-corrected chi connectivity index (χ0v) is 16.6. The van der Waals surface area contributed by atoms with Gasteiger partial charge in [0.25, 0.3) is 0 Å². The van der Waals surface area contributed by atoms with Gasteiger partial charge >= 0.3 is 6.09 Å².